The SMILES string of the molecule is COC[C@@H]1C[C@@H](C(=O)NC(C)c2cc(C(=N)N)cs2)N(C(=O)CNC(=O)c2ccc3c(c2)-c2ccccc2C3(F)F)C1. The molecule has 9 nitrogen and oxygen atoms in total. The molecule has 3 atom stereocenters. The molecule has 12 heteroatoms. The second kappa shape index (κ2) is 11.6. The summed E-state index contributed by atoms with van der Waals surface area (Å²) in [6.45, 7) is 2.10. The van der Waals surface area contributed by atoms with E-state index in [0.29, 0.717) is 24.2 Å². The van der Waals surface area contributed by atoms with Crippen LogP contribution in [0.4, 0.5) is 8.78 Å². The number of rotatable bonds is 9. The number of amides is 3. The molecular formula is C30H31F2N5O4S. The molecule has 0 spiro atoms. The minimum Gasteiger partial charge on any atom is -0.384 e. The number of halogens is 2. The molecule has 1 fully saturated rings. The Kier molecular flexibility index (Phi) is 8.11. The fraction of sp³-hybridized carbons (Fsp3) is 0.333. The van der Waals surface area contributed by atoms with Crippen LogP contribution in [0, 0.1) is 11.3 Å². The Morgan fingerprint density at radius 3 is 2.60 bits per heavy atom. The molecule has 42 heavy (non-hydrogen) atoms. The van der Waals surface area contributed by atoms with Crippen LogP contribution in [0.5, 0.6) is 0 Å². The van der Waals surface area contributed by atoms with Crippen LogP contribution in [0.15, 0.2) is 53.9 Å². The lowest BCUT2D eigenvalue weighted by Crippen LogP contribution is -2.49. The van der Waals surface area contributed by atoms with Gasteiger partial charge in [0.1, 0.15) is 11.9 Å². The molecule has 5 N–H and O–H groups in total. The molecule has 3 aromatic rings. The number of nitrogen functional groups attached to an aromatic ring is 1. The standard InChI is InChI=1S/C30H31F2N5O4S/c1-16(25-11-19(15-42-25)27(33)34)36-29(40)24-9-17(14-41-2)13-37(24)26(38)12-35-28(39)18-7-8-23-21(10-18)20-5-3-4-6-22(20)30(23,31)32/h3-8,10-11,15-17,24H,9,12-14H2,1-2H3,(H3,33,34)(H,35,39)(H,36,40)/t16?,17-,24+/m1/s1. The molecule has 1 aromatic heterocycles. The van der Waals surface area contributed by atoms with Gasteiger partial charge in [0.2, 0.25) is 11.8 Å². The second-order valence-corrected chi connectivity index (χ2v) is 11.5. The Balaban J connectivity index is 1.26. The summed E-state index contributed by atoms with van der Waals surface area (Å²) in [7, 11) is 1.55. The van der Waals surface area contributed by atoms with Crippen molar-refractivity contribution in [2.24, 2.45) is 11.7 Å². The van der Waals surface area contributed by atoms with Crippen LogP contribution in [0.25, 0.3) is 11.1 Å². The average Bonchev–Trinajstić information content (AvgIpc) is 3.68. The smallest absolute Gasteiger partial charge is 0.299 e. The second-order valence-electron chi connectivity index (χ2n) is 10.6. The van der Waals surface area contributed by atoms with Gasteiger partial charge in [-0.3, -0.25) is 19.8 Å². The van der Waals surface area contributed by atoms with Crippen molar-refractivity contribution < 1.29 is 27.9 Å². The normalized spacial score (nSPS) is 19.1. The van der Waals surface area contributed by atoms with E-state index in [4.69, 9.17) is 15.9 Å². The van der Waals surface area contributed by atoms with Crippen molar-refractivity contribution >= 4 is 34.9 Å². The highest BCUT2D eigenvalue weighted by atomic mass is 32.1. The molecule has 1 saturated heterocycles. The van der Waals surface area contributed by atoms with Crippen LogP contribution in [-0.2, 0) is 20.2 Å². The minimum absolute atomic E-state index is 0.0595. The first-order chi connectivity index (χ1) is 20.0. The van der Waals surface area contributed by atoms with Crippen molar-refractivity contribution in [1.82, 2.24) is 15.5 Å². The van der Waals surface area contributed by atoms with Gasteiger partial charge in [-0.25, -0.2) is 0 Å². The molecule has 2 heterocycles. The van der Waals surface area contributed by atoms with E-state index in [-0.39, 0.29) is 59.0 Å². The van der Waals surface area contributed by atoms with Gasteiger partial charge >= 0.3 is 0 Å². The topological polar surface area (TPSA) is 138 Å². The molecule has 1 aliphatic heterocycles. The van der Waals surface area contributed by atoms with Crippen molar-refractivity contribution in [3.05, 3.63) is 81.0 Å². The number of nitrogens with zero attached hydrogens (tertiary/aromatic N) is 1. The van der Waals surface area contributed by atoms with Crippen molar-refractivity contribution in [3.8, 4) is 11.1 Å². The number of nitrogens with two attached hydrogens (primary N) is 1. The van der Waals surface area contributed by atoms with E-state index in [9.17, 15) is 23.2 Å². The summed E-state index contributed by atoms with van der Waals surface area (Å²) in [5.41, 5.74) is 6.65. The van der Waals surface area contributed by atoms with Gasteiger partial charge in [0.25, 0.3) is 11.8 Å². The lowest BCUT2D eigenvalue weighted by molar-refractivity contribution is -0.138. The van der Waals surface area contributed by atoms with E-state index in [1.165, 1.54) is 40.5 Å². The number of fused-ring (bicyclic) bond motifs is 3. The lowest BCUT2D eigenvalue weighted by Gasteiger charge is -2.25. The van der Waals surface area contributed by atoms with Gasteiger partial charge in [0, 0.05) is 52.1 Å². The zero-order valence-corrected chi connectivity index (χ0v) is 23.9. The maximum Gasteiger partial charge on any atom is 0.299 e. The summed E-state index contributed by atoms with van der Waals surface area (Å²) in [6, 6.07) is 10.8. The van der Waals surface area contributed by atoms with Crippen LogP contribution in [0.2, 0.25) is 0 Å². The third kappa shape index (κ3) is 5.51. The highest BCUT2D eigenvalue weighted by molar-refractivity contribution is 7.10. The summed E-state index contributed by atoms with van der Waals surface area (Å²) >= 11 is 1.37. The van der Waals surface area contributed by atoms with Gasteiger partial charge in [-0.15, -0.1) is 11.3 Å². The molecule has 5 rings (SSSR count). The van der Waals surface area contributed by atoms with E-state index >= 15 is 0 Å². The molecule has 2 aliphatic rings. The molecule has 0 bridgehead atoms. The molecule has 3 amide bonds. The maximum absolute atomic E-state index is 14.9. The highest BCUT2D eigenvalue weighted by Crippen LogP contribution is 2.50. The third-order valence-electron chi connectivity index (χ3n) is 7.71. The Hall–Kier alpha value is -4.16. The van der Waals surface area contributed by atoms with Crippen LogP contribution < -0.4 is 16.4 Å². The molecular weight excluding hydrogens is 564 g/mol. The number of likely N-dealkylation sites (tertiary alicyclic amines) is 1. The van der Waals surface area contributed by atoms with Crippen molar-refractivity contribution in [2.45, 2.75) is 31.4 Å². The van der Waals surface area contributed by atoms with Gasteiger partial charge in [-0.2, -0.15) is 8.78 Å². The van der Waals surface area contributed by atoms with E-state index in [2.05, 4.69) is 10.6 Å². The Labute approximate surface area is 245 Å². The number of hydrogen-bond donors (Lipinski definition) is 4. The van der Waals surface area contributed by atoms with E-state index in [1.807, 2.05) is 6.92 Å². The first kappa shape index (κ1) is 29.3. The summed E-state index contributed by atoms with van der Waals surface area (Å²) in [5.74, 6) is -4.64. The van der Waals surface area contributed by atoms with Crippen LogP contribution in [0.1, 0.15) is 51.3 Å². The fourth-order valence-electron chi connectivity index (χ4n) is 5.58. The molecule has 220 valence electrons. The molecule has 1 aliphatic carbocycles. The Morgan fingerprint density at radius 2 is 1.88 bits per heavy atom. The van der Waals surface area contributed by atoms with Gasteiger partial charge in [-0.05, 0) is 42.7 Å². The first-order valence-corrected chi connectivity index (χ1v) is 14.3. The van der Waals surface area contributed by atoms with Gasteiger partial charge in [0.05, 0.1) is 19.2 Å². The lowest BCUT2D eigenvalue weighted by atomic mass is 10.0. The van der Waals surface area contributed by atoms with Crippen LogP contribution in [0.3, 0.4) is 0 Å². The largest absolute Gasteiger partial charge is 0.384 e. The summed E-state index contributed by atoms with van der Waals surface area (Å²) in [6.07, 6.45) is 0.396. The zero-order valence-electron chi connectivity index (χ0n) is 23.1. The number of alkyl halides is 2. The summed E-state index contributed by atoms with van der Waals surface area (Å²) < 4.78 is 35.0. The number of methoxy groups -OCH3 is 1. The van der Waals surface area contributed by atoms with Crippen molar-refractivity contribution in [3.63, 3.8) is 0 Å². The van der Waals surface area contributed by atoms with Crippen molar-refractivity contribution in [2.75, 3.05) is 26.8 Å². The van der Waals surface area contributed by atoms with Gasteiger partial charge < -0.3 is 26.0 Å². The van der Waals surface area contributed by atoms with Gasteiger partial charge in [0.15, 0.2) is 0 Å². The van der Waals surface area contributed by atoms with Crippen LogP contribution in [-0.4, -0.2) is 61.3 Å². The Morgan fingerprint density at radius 1 is 1.14 bits per heavy atom. The first-order valence-electron chi connectivity index (χ1n) is 13.4. The number of amidine groups is 1. The summed E-state index contributed by atoms with van der Waals surface area (Å²) in [5, 5.41) is 14.9. The highest BCUT2D eigenvalue weighted by Gasteiger charge is 2.44. The number of carbonyl (C=O) groups excluding carboxylic acids is 3. The predicted molar refractivity (Wildman–Crippen MR) is 155 cm³/mol. The quantitative estimate of drug-likeness (QED) is 0.221. The average molecular weight is 596 g/mol. The van der Waals surface area contributed by atoms with Crippen LogP contribution >= 0.6 is 11.3 Å². The number of thiophene rings is 1. The van der Waals surface area contributed by atoms with E-state index < -0.39 is 23.8 Å². The van der Waals surface area contributed by atoms with Crippen molar-refractivity contribution in [1.29, 1.82) is 5.41 Å². The van der Waals surface area contributed by atoms with E-state index in [0.717, 1.165) is 4.88 Å². The number of hydrogen-bond acceptors (Lipinski definition) is 6. The molecule has 1 unspecified atom stereocenters. The van der Waals surface area contributed by atoms with Gasteiger partial charge in [-0.1, -0.05) is 30.3 Å². The minimum atomic E-state index is -3.16. The predicted octanol–water partition coefficient (Wildman–Crippen LogP) is 3.62. The monoisotopic (exact) mass is 595 g/mol. The number of nitrogens with one attached hydrogen (secondary N) is 3. The third-order valence-corrected chi connectivity index (χ3v) is 8.82. The maximum atomic E-state index is 14.9. The molecule has 0 radical (unpaired) electrons. The van der Waals surface area contributed by atoms with E-state index in [1.54, 1.807) is 36.8 Å². The number of carbonyl (C=O) groups is 3. The molecule has 0 saturated carbocycles. The zero-order chi connectivity index (χ0) is 30.2. The molecule has 2 aromatic carbocycles. The number of ether oxygens (including phenoxy) is 1. The number of benzene rings is 2. The Bertz CT molecular complexity index is 1560. The summed E-state index contributed by atoms with van der Waals surface area (Å²) in [4.78, 5) is 41.8. The fourth-order valence-corrected chi connectivity index (χ4v) is 6.50.